The Morgan fingerprint density at radius 3 is 1.89 bits per heavy atom. The summed E-state index contributed by atoms with van der Waals surface area (Å²) < 4.78 is 41.7. The highest BCUT2D eigenvalue weighted by molar-refractivity contribution is 5.65. The third-order valence-electron chi connectivity index (χ3n) is 4.53. The van der Waals surface area contributed by atoms with Crippen LogP contribution >= 0.6 is 0 Å². The van der Waals surface area contributed by atoms with Crippen LogP contribution in [0.3, 0.4) is 0 Å². The summed E-state index contributed by atoms with van der Waals surface area (Å²) in [6.45, 7) is 11.9. The largest absolute Gasteiger partial charge is 0.433 e. The first-order valence-corrected chi connectivity index (χ1v) is 8.86. The molecule has 0 N–H and O–H groups in total. The number of hydrogen-bond acceptors (Lipinski definition) is 2. The van der Waals surface area contributed by atoms with Crippen LogP contribution in [0.4, 0.5) is 13.2 Å². The molecule has 144 valence electrons. The molecule has 0 aliphatic heterocycles. The number of benzene rings is 1. The second kappa shape index (κ2) is 6.08. The second-order valence-electron chi connectivity index (χ2n) is 8.90. The Kier molecular flexibility index (Phi) is 4.36. The van der Waals surface area contributed by atoms with E-state index in [1.807, 2.05) is 45.0 Å². The minimum atomic E-state index is -4.51. The molecule has 6 heteroatoms. The first kappa shape index (κ1) is 19.4. The average Bonchev–Trinajstić information content (AvgIpc) is 2.95. The summed E-state index contributed by atoms with van der Waals surface area (Å²) in [6.07, 6.45) is -4.51. The van der Waals surface area contributed by atoms with Crippen LogP contribution in [0.2, 0.25) is 0 Å². The van der Waals surface area contributed by atoms with Crippen molar-refractivity contribution < 1.29 is 13.2 Å². The van der Waals surface area contributed by atoms with Crippen molar-refractivity contribution in [1.82, 2.24) is 14.6 Å². The molecule has 0 spiro atoms. The van der Waals surface area contributed by atoms with Crippen molar-refractivity contribution in [1.29, 1.82) is 0 Å². The van der Waals surface area contributed by atoms with E-state index in [9.17, 15) is 13.2 Å². The van der Waals surface area contributed by atoms with E-state index >= 15 is 0 Å². The van der Waals surface area contributed by atoms with Gasteiger partial charge < -0.3 is 0 Å². The van der Waals surface area contributed by atoms with Gasteiger partial charge in [-0.2, -0.15) is 18.3 Å². The molecule has 0 aliphatic rings. The zero-order valence-corrected chi connectivity index (χ0v) is 16.4. The van der Waals surface area contributed by atoms with Gasteiger partial charge in [0.2, 0.25) is 0 Å². The van der Waals surface area contributed by atoms with E-state index in [4.69, 9.17) is 0 Å². The van der Waals surface area contributed by atoms with Gasteiger partial charge in [-0.15, -0.1) is 0 Å². The molecule has 0 fully saturated rings. The lowest BCUT2D eigenvalue weighted by Gasteiger charge is -2.19. The molecule has 1 aromatic carbocycles. The van der Waals surface area contributed by atoms with Crippen LogP contribution in [0.1, 0.15) is 58.5 Å². The minimum Gasteiger partial charge on any atom is -0.233 e. The van der Waals surface area contributed by atoms with Crippen molar-refractivity contribution >= 4 is 5.65 Å². The number of rotatable bonds is 1. The zero-order valence-electron chi connectivity index (χ0n) is 16.4. The highest BCUT2D eigenvalue weighted by Gasteiger charge is 2.36. The summed E-state index contributed by atoms with van der Waals surface area (Å²) in [5.74, 6) is 0. The number of aromatic nitrogens is 3. The Bertz CT molecular complexity index is 969. The molecule has 0 bridgehead atoms. The number of hydrogen-bond donors (Lipinski definition) is 0. The summed E-state index contributed by atoms with van der Waals surface area (Å²) in [7, 11) is 0. The van der Waals surface area contributed by atoms with Crippen LogP contribution < -0.4 is 0 Å². The first-order chi connectivity index (χ1) is 12.3. The van der Waals surface area contributed by atoms with E-state index in [1.165, 1.54) is 0 Å². The molecule has 2 aromatic heterocycles. The van der Waals surface area contributed by atoms with Crippen molar-refractivity contribution in [3.05, 3.63) is 53.3 Å². The summed E-state index contributed by atoms with van der Waals surface area (Å²) in [6, 6.07) is 10.4. The Balaban J connectivity index is 2.17. The van der Waals surface area contributed by atoms with Crippen LogP contribution in [-0.4, -0.2) is 14.6 Å². The lowest BCUT2D eigenvalue weighted by Crippen LogP contribution is -2.19. The predicted octanol–water partition coefficient (Wildman–Crippen LogP) is 6.01. The van der Waals surface area contributed by atoms with Crippen LogP contribution in [0.15, 0.2) is 36.4 Å². The Morgan fingerprint density at radius 1 is 0.815 bits per heavy atom. The number of alkyl halides is 3. The van der Waals surface area contributed by atoms with Gasteiger partial charge in [-0.1, -0.05) is 65.8 Å². The lowest BCUT2D eigenvalue weighted by atomic mass is 9.86. The summed E-state index contributed by atoms with van der Waals surface area (Å²) in [5.41, 5.74) is 1.67. The van der Waals surface area contributed by atoms with Crippen molar-refractivity contribution in [3.8, 4) is 11.3 Å². The quantitative estimate of drug-likeness (QED) is 0.521. The minimum absolute atomic E-state index is 0.00403. The third kappa shape index (κ3) is 3.84. The second-order valence-corrected chi connectivity index (χ2v) is 8.90. The smallest absolute Gasteiger partial charge is 0.233 e. The molecule has 3 rings (SSSR count). The summed E-state index contributed by atoms with van der Waals surface area (Å²) in [4.78, 5) is 4.42. The van der Waals surface area contributed by atoms with E-state index in [0.717, 1.165) is 21.7 Å². The van der Waals surface area contributed by atoms with Gasteiger partial charge in [0, 0.05) is 17.0 Å². The van der Waals surface area contributed by atoms with Crippen LogP contribution in [-0.2, 0) is 17.0 Å². The molecule has 0 unspecified atom stereocenters. The number of fused-ring (bicyclic) bond motifs is 1. The van der Waals surface area contributed by atoms with Crippen molar-refractivity contribution in [2.24, 2.45) is 0 Å². The van der Waals surface area contributed by atoms with Crippen LogP contribution in [0.25, 0.3) is 16.9 Å². The van der Waals surface area contributed by atoms with Gasteiger partial charge in [0.15, 0.2) is 5.65 Å². The van der Waals surface area contributed by atoms with E-state index < -0.39 is 17.3 Å². The van der Waals surface area contributed by atoms with E-state index in [1.54, 1.807) is 6.07 Å². The van der Waals surface area contributed by atoms with Crippen LogP contribution in [0.5, 0.6) is 0 Å². The molecule has 0 atom stereocenters. The highest BCUT2D eigenvalue weighted by atomic mass is 19.4. The molecule has 0 amide bonds. The molecule has 0 saturated heterocycles. The molecule has 0 aliphatic carbocycles. The van der Waals surface area contributed by atoms with E-state index in [2.05, 4.69) is 30.9 Å². The Hall–Kier alpha value is -2.37. The molecule has 0 saturated carbocycles. The maximum atomic E-state index is 13.6. The molecule has 2 heterocycles. The van der Waals surface area contributed by atoms with E-state index in [0.29, 0.717) is 11.4 Å². The highest BCUT2D eigenvalue weighted by Crippen LogP contribution is 2.34. The first-order valence-electron chi connectivity index (χ1n) is 8.86. The fraction of sp³-hybridized carbons (Fsp3) is 0.429. The van der Waals surface area contributed by atoms with Gasteiger partial charge in [0.05, 0.1) is 11.4 Å². The van der Waals surface area contributed by atoms with Crippen LogP contribution in [0, 0.1) is 0 Å². The van der Waals surface area contributed by atoms with Gasteiger partial charge in [0.1, 0.15) is 5.69 Å². The molecule has 3 aromatic rings. The molecule has 3 nitrogen and oxygen atoms in total. The molecular weight excluding hydrogens is 351 g/mol. The lowest BCUT2D eigenvalue weighted by molar-refractivity contribution is -0.142. The third-order valence-corrected chi connectivity index (χ3v) is 4.53. The average molecular weight is 375 g/mol. The SMILES string of the molecule is CC(C)(C)c1ccc(-c2cc3nc(C(C)(C)C)cc(C(F)(F)F)n3n2)cc1. The van der Waals surface area contributed by atoms with Gasteiger partial charge in [0.25, 0.3) is 0 Å². The van der Waals surface area contributed by atoms with Gasteiger partial charge in [-0.25, -0.2) is 9.50 Å². The summed E-state index contributed by atoms with van der Waals surface area (Å²) >= 11 is 0. The zero-order chi connectivity index (χ0) is 20.2. The fourth-order valence-corrected chi connectivity index (χ4v) is 2.84. The molecular formula is C21H24F3N3. The maximum absolute atomic E-state index is 13.6. The monoisotopic (exact) mass is 375 g/mol. The predicted molar refractivity (Wildman–Crippen MR) is 101 cm³/mol. The molecule has 0 radical (unpaired) electrons. The number of halogens is 3. The number of nitrogens with zero attached hydrogens (tertiary/aromatic N) is 3. The van der Waals surface area contributed by atoms with Gasteiger partial charge in [-0.05, 0) is 17.0 Å². The van der Waals surface area contributed by atoms with E-state index in [-0.39, 0.29) is 11.1 Å². The van der Waals surface area contributed by atoms with Crippen molar-refractivity contribution in [2.45, 2.75) is 58.5 Å². The van der Waals surface area contributed by atoms with Gasteiger partial charge >= 0.3 is 6.18 Å². The normalized spacial score (nSPS) is 13.4. The fourth-order valence-electron chi connectivity index (χ4n) is 2.84. The maximum Gasteiger partial charge on any atom is 0.433 e. The van der Waals surface area contributed by atoms with Crippen molar-refractivity contribution in [3.63, 3.8) is 0 Å². The Labute approximate surface area is 157 Å². The Morgan fingerprint density at radius 2 is 1.41 bits per heavy atom. The summed E-state index contributed by atoms with van der Waals surface area (Å²) in [5, 5.41) is 4.20. The molecule has 27 heavy (non-hydrogen) atoms. The standard InChI is InChI=1S/C21H24F3N3/c1-19(2,3)14-9-7-13(8-10-14)15-11-18-25-16(20(4,5)6)12-17(21(22,23)24)27(18)26-15/h7-12H,1-6H3. The van der Waals surface area contributed by atoms with Crippen molar-refractivity contribution in [2.75, 3.05) is 0 Å². The topological polar surface area (TPSA) is 30.2 Å². The van der Waals surface area contributed by atoms with Gasteiger partial charge in [-0.3, -0.25) is 0 Å².